The molecule has 1 aromatic rings. The zero-order valence-corrected chi connectivity index (χ0v) is 15.8. The van der Waals surface area contributed by atoms with Gasteiger partial charge in [0.1, 0.15) is 11.5 Å². The van der Waals surface area contributed by atoms with Gasteiger partial charge < -0.3 is 10.0 Å². The van der Waals surface area contributed by atoms with E-state index < -0.39 is 87.0 Å². The van der Waals surface area contributed by atoms with Crippen LogP contribution >= 0.6 is 0 Å². The van der Waals surface area contributed by atoms with Crippen molar-refractivity contribution in [2.45, 2.75) is 47.8 Å². The van der Waals surface area contributed by atoms with Crippen LogP contribution in [-0.4, -0.2) is 54.3 Å². The maximum absolute atomic E-state index is 13.3. The molecular weight excluding hydrogens is 444 g/mol. The van der Waals surface area contributed by atoms with Crippen molar-refractivity contribution in [2.75, 3.05) is 6.54 Å². The molecule has 0 unspecified atom stereocenters. The number of carbonyl (C=O) groups excluding carboxylic acids is 1. The molecule has 0 radical (unpaired) electrons. The van der Waals surface area contributed by atoms with Crippen LogP contribution in [0.4, 0.5) is 26.3 Å². The molecule has 6 nitrogen and oxygen atoms in total. The molecule has 13 heteroatoms. The number of halogens is 6. The molecule has 2 atom stereocenters. The van der Waals surface area contributed by atoms with Crippen LogP contribution in [0.2, 0.25) is 0 Å². The third kappa shape index (κ3) is 3.52. The summed E-state index contributed by atoms with van der Waals surface area (Å²) in [4.78, 5) is 23.2. The first-order valence-corrected chi connectivity index (χ1v) is 10.2. The summed E-state index contributed by atoms with van der Waals surface area (Å²) in [5, 5.41) is 7.51. The molecule has 1 N–H and O–H groups in total. The Morgan fingerprint density at radius 1 is 1.07 bits per heavy atom. The first kappa shape index (κ1) is 22.4. The number of carboxylic acid groups (broad SMARTS) is 1. The van der Waals surface area contributed by atoms with E-state index in [1.165, 1.54) is 0 Å². The van der Waals surface area contributed by atoms with Gasteiger partial charge in [0.15, 0.2) is 9.84 Å². The molecule has 1 heterocycles. The van der Waals surface area contributed by atoms with Gasteiger partial charge in [-0.15, -0.1) is 0 Å². The number of hydrogen-bond donors (Lipinski definition) is 1. The number of hydrogen-bond acceptors (Lipinski definition) is 4. The van der Waals surface area contributed by atoms with Gasteiger partial charge in [0.2, 0.25) is 5.91 Å². The number of nitrogens with zero attached hydrogens (tertiary/aromatic N) is 1. The second kappa shape index (κ2) is 6.86. The largest absolute Gasteiger partial charge is 0.480 e. The Morgan fingerprint density at radius 3 is 2.10 bits per heavy atom. The summed E-state index contributed by atoms with van der Waals surface area (Å²) < 4.78 is 105. The first-order chi connectivity index (χ1) is 13.6. The molecule has 1 saturated heterocycles. The monoisotopic (exact) mass is 459 g/mol. The summed E-state index contributed by atoms with van der Waals surface area (Å²) in [6.45, 7) is -0.942. The number of benzene rings is 1. The van der Waals surface area contributed by atoms with Crippen molar-refractivity contribution in [1.29, 1.82) is 0 Å². The Morgan fingerprint density at radius 2 is 1.63 bits per heavy atom. The molecular formula is C17H15F6NO5S. The number of carbonyl (C=O) groups is 2. The Labute approximate surface area is 166 Å². The van der Waals surface area contributed by atoms with Crippen LogP contribution in [0.3, 0.4) is 0 Å². The molecule has 0 spiro atoms. The molecule has 2 aliphatic rings. The molecule has 0 aromatic heterocycles. The minimum Gasteiger partial charge on any atom is -0.480 e. The van der Waals surface area contributed by atoms with Gasteiger partial charge in [0.25, 0.3) is 0 Å². The molecule has 166 valence electrons. The summed E-state index contributed by atoms with van der Waals surface area (Å²) in [5.74, 6) is -3.30. The fraction of sp³-hybridized carbons (Fsp3) is 0.529. The van der Waals surface area contributed by atoms with Crippen molar-refractivity contribution < 1.29 is 49.5 Å². The predicted molar refractivity (Wildman–Crippen MR) is 87.9 cm³/mol. The van der Waals surface area contributed by atoms with Gasteiger partial charge >= 0.3 is 18.3 Å². The number of aliphatic carboxylic acids is 1. The average molecular weight is 459 g/mol. The zero-order chi connectivity index (χ0) is 22.7. The Bertz CT molecular complexity index is 983. The summed E-state index contributed by atoms with van der Waals surface area (Å²) in [7, 11) is -4.80. The number of carboxylic acids is 1. The summed E-state index contributed by atoms with van der Waals surface area (Å²) in [5.41, 5.74) is -4.25. The number of alkyl halides is 6. The molecule has 3 rings (SSSR count). The number of amides is 1. The zero-order valence-electron chi connectivity index (χ0n) is 15.0. The number of likely N-dealkylation sites (tertiary alicyclic amines) is 1. The SMILES string of the molecule is O=C(O)[C@@H]1C[C@@H](S(=O)(=O)c2ccccc2C(F)(F)F)CN1C(=O)C1(C(F)(F)F)CC1. The predicted octanol–water partition coefficient (Wildman–Crippen LogP) is 2.88. The van der Waals surface area contributed by atoms with Gasteiger partial charge in [-0.2, -0.15) is 26.3 Å². The van der Waals surface area contributed by atoms with E-state index in [1.807, 2.05) is 0 Å². The lowest BCUT2D eigenvalue weighted by Gasteiger charge is -2.28. The molecule has 1 aromatic carbocycles. The van der Waals surface area contributed by atoms with E-state index in [1.54, 1.807) is 0 Å². The van der Waals surface area contributed by atoms with E-state index in [9.17, 15) is 49.5 Å². The Kier molecular flexibility index (Phi) is 5.11. The van der Waals surface area contributed by atoms with Gasteiger partial charge in [-0.3, -0.25) is 4.79 Å². The first-order valence-electron chi connectivity index (χ1n) is 8.63. The van der Waals surface area contributed by atoms with Gasteiger partial charge in [-0.1, -0.05) is 12.1 Å². The van der Waals surface area contributed by atoms with Crippen LogP contribution in [-0.2, 0) is 25.6 Å². The third-order valence-electron chi connectivity index (χ3n) is 5.45. The van der Waals surface area contributed by atoms with Crippen LogP contribution in [0.5, 0.6) is 0 Å². The van der Waals surface area contributed by atoms with Crippen molar-refractivity contribution in [2.24, 2.45) is 5.41 Å². The minimum atomic E-state index is -5.03. The summed E-state index contributed by atoms with van der Waals surface area (Å²) in [6, 6.07) is 1.33. The minimum absolute atomic E-state index is 0.321. The maximum atomic E-state index is 13.3. The highest BCUT2D eigenvalue weighted by Gasteiger charge is 2.70. The van der Waals surface area contributed by atoms with E-state index in [2.05, 4.69) is 0 Å². The lowest BCUT2D eigenvalue weighted by molar-refractivity contribution is -0.199. The molecule has 0 bridgehead atoms. The normalized spacial score (nSPS) is 24.0. The van der Waals surface area contributed by atoms with Crippen molar-refractivity contribution in [3.63, 3.8) is 0 Å². The van der Waals surface area contributed by atoms with Crippen molar-refractivity contribution in [3.05, 3.63) is 29.8 Å². The molecule has 1 aliphatic carbocycles. The highest BCUT2D eigenvalue weighted by Crippen LogP contribution is 2.59. The number of sulfone groups is 1. The highest BCUT2D eigenvalue weighted by molar-refractivity contribution is 7.92. The van der Waals surface area contributed by atoms with E-state index in [-0.39, 0.29) is 0 Å². The van der Waals surface area contributed by atoms with E-state index in [0.717, 1.165) is 12.1 Å². The summed E-state index contributed by atoms with van der Waals surface area (Å²) in [6.07, 6.45) is -11.9. The van der Waals surface area contributed by atoms with Crippen LogP contribution in [0.15, 0.2) is 29.2 Å². The third-order valence-corrected chi connectivity index (χ3v) is 7.64. The maximum Gasteiger partial charge on any atom is 0.417 e. The fourth-order valence-electron chi connectivity index (χ4n) is 3.63. The lowest BCUT2D eigenvalue weighted by atomic mass is 10.0. The van der Waals surface area contributed by atoms with Crippen molar-refractivity contribution in [3.8, 4) is 0 Å². The molecule has 1 amide bonds. The van der Waals surface area contributed by atoms with E-state index in [4.69, 9.17) is 0 Å². The molecule has 1 saturated carbocycles. The molecule has 1 aliphatic heterocycles. The van der Waals surface area contributed by atoms with E-state index in [0.29, 0.717) is 17.0 Å². The average Bonchev–Trinajstić information content (AvgIpc) is 3.32. The van der Waals surface area contributed by atoms with Gasteiger partial charge in [0, 0.05) is 6.54 Å². The van der Waals surface area contributed by atoms with Gasteiger partial charge in [-0.05, 0) is 31.4 Å². The van der Waals surface area contributed by atoms with E-state index >= 15 is 0 Å². The second-order valence-electron chi connectivity index (χ2n) is 7.29. The topological polar surface area (TPSA) is 91.8 Å². The Balaban J connectivity index is 1.98. The second-order valence-corrected chi connectivity index (χ2v) is 9.48. The fourth-order valence-corrected chi connectivity index (χ4v) is 5.54. The number of rotatable bonds is 4. The standard InChI is InChI=1S/C17H15F6NO5S/c18-16(19,20)10-3-1-2-4-12(10)30(28,29)9-7-11(13(25)26)24(8-9)14(27)15(5-6-15)17(21,22)23/h1-4,9,11H,5-8H2,(H,25,26)/t9-,11+/m1/s1. The highest BCUT2D eigenvalue weighted by atomic mass is 32.2. The molecule has 30 heavy (non-hydrogen) atoms. The smallest absolute Gasteiger partial charge is 0.417 e. The van der Waals surface area contributed by atoms with Crippen LogP contribution in [0.25, 0.3) is 0 Å². The van der Waals surface area contributed by atoms with Gasteiger partial charge in [-0.25, -0.2) is 13.2 Å². The quantitative estimate of drug-likeness (QED) is 0.700. The van der Waals surface area contributed by atoms with Crippen molar-refractivity contribution in [1.82, 2.24) is 4.90 Å². The summed E-state index contributed by atoms with van der Waals surface area (Å²) >= 11 is 0. The van der Waals surface area contributed by atoms with Crippen LogP contribution in [0, 0.1) is 5.41 Å². The van der Waals surface area contributed by atoms with Crippen LogP contribution < -0.4 is 0 Å². The lowest BCUT2D eigenvalue weighted by Crippen LogP contribution is -2.48. The van der Waals surface area contributed by atoms with Crippen molar-refractivity contribution >= 4 is 21.7 Å². The Hall–Kier alpha value is -2.31. The molecule has 2 fully saturated rings. The van der Waals surface area contributed by atoms with Gasteiger partial charge in [0.05, 0.1) is 15.7 Å². The van der Waals surface area contributed by atoms with Crippen LogP contribution in [0.1, 0.15) is 24.8 Å².